The van der Waals surface area contributed by atoms with Crippen LogP contribution in [0.5, 0.6) is 0 Å². The molecular formula is C9H15NO. The van der Waals surface area contributed by atoms with Crippen LogP contribution in [0, 0.1) is 11.8 Å². The molecule has 11 heavy (non-hydrogen) atoms. The molecule has 2 heteroatoms. The molecule has 0 aromatic heterocycles. The van der Waals surface area contributed by atoms with Gasteiger partial charge >= 0.3 is 0 Å². The molecule has 0 aromatic rings. The second kappa shape index (κ2) is 2.59. The van der Waals surface area contributed by atoms with E-state index in [1.165, 1.54) is 6.42 Å². The number of fused-ring (bicyclic) bond motifs is 1. The van der Waals surface area contributed by atoms with E-state index in [9.17, 15) is 4.79 Å². The molecule has 0 aromatic carbocycles. The molecular weight excluding hydrogens is 138 g/mol. The third-order valence-electron chi connectivity index (χ3n) is 3.04. The van der Waals surface area contributed by atoms with Crippen LogP contribution in [0.3, 0.4) is 0 Å². The van der Waals surface area contributed by atoms with Gasteiger partial charge in [-0.2, -0.15) is 0 Å². The average molecular weight is 153 g/mol. The first-order chi connectivity index (χ1) is 5.27. The van der Waals surface area contributed by atoms with Crippen molar-refractivity contribution in [3.8, 4) is 0 Å². The molecule has 0 N–H and O–H groups in total. The van der Waals surface area contributed by atoms with Crippen LogP contribution in [0.15, 0.2) is 0 Å². The minimum atomic E-state index is 0.397. The molecule has 2 fully saturated rings. The van der Waals surface area contributed by atoms with Crippen molar-refractivity contribution in [1.29, 1.82) is 0 Å². The van der Waals surface area contributed by atoms with Crippen molar-refractivity contribution >= 4 is 5.78 Å². The fourth-order valence-corrected chi connectivity index (χ4v) is 2.47. The zero-order valence-corrected chi connectivity index (χ0v) is 7.05. The Bertz CT molecular complexity index is 178. The van der Waals surface area contributed by atoms with Crippen LogP contribution in [0.25, 0.3) is 0 Å². The molecule has 2 nitrogen and oxygen atoms in total. The predicted octanol–water partition coefficient (Wildman–Crippen LogP) is 0.917. The maximum atomic E-state index is 11.4. The molecule has 2 atom stereocenters. The second-order valence-electron chi connectivity index (χ2n) is 3.95. The summed E-state index contributed by atoms with van der Waals surface area (Å²) in [6.45, 7) is 2.17. The zero-order chi connectivity index (χ0) is 7.84. The Morgan fingerprint density at radius 1 is 1.45 bits per heavy atom. The van der Waals surface area contributed by atoms with Crippen molar-refractivity contribution in [2.75, 3.05) is 20.1 Å². The third-order valence-corrected chi connectivity index (χ3v) is 3.04. The normalized spacial score (nSPS) is 39.2. The van der Waals surface area contributed by atoms with Crippen molar-refractivity contribution in [3.63, 3.8) is 0 Å². The van der Waals surface area contributed by atoms with Gasteiger partial charge in [0.05, 0.1) is 0 Å². The molecule has 0 spiro atoms. The fourth-order valence-electron chi connectivity index (χ4n) is 2.47. The van der Waals surface area contributed by atoms with E-state index in [-0.39, 0.29) is 0 Å². The molecule has 1 saturated heterocycles. The molecule has 0 amide bonds. The van der Waals surface area contributed by atoms with Crippen molar-refractivity contribution in [2.24, 2.45) is 11.8 Å². The highest BCUT2D eigenvalue weighted by Gasteiger charge is 2.37. The number of nitrogens with zero attached hydrogens (tertiary/aromatic N) is 1. The number of likely N-dealkylation sites (tertiary alicyclic amines) is 1. The molecule has 1 saturated carbocycles. The Kier molecular flexibility index (Phi) is 1.72. The molecule has 0 bridgehead atoms. The molecule has 1 heterocycles. The molecule has 0 unspecified atom stereocenters. The lowest BCUT2D eigenvalue weighted by molar-refractivity contribution is -0.125. The average Bonchev–Trinajstić information content (AvgIpc) is 2.31. The summed E-state index contributed by atoms with van der Waals surface area (Å²) < 4.78 is 0. The van der Waals surface area contributed by atoms with Gasteiger partial charge in [-0.15, -0.1) is 0 Å². The monoisotopic (exact) mass is 153 g/mol. The zero-order valence-electron chi connectivity index (χ0n) is 7.05. The van der Waals surface area contributed by atoms with Crippen LogP contribution >= 0.6 is 0 Å². The quantitative estimate of drug-likeness (QED) is 0.515. The number of carbonyl (C=O) groups excluding carboxylic acids is 1. The van der Waals surface area contributed by atoms with Gasteiger partial charge in [-0.05, 0) is 25.8 Å². The van der Waals surface area contributed by atoms with Crippen LogP contribution in [-0.2, 0) is 4.79 Å². The highest BCUT2D eigenvalue weighted by Crippen LogP contribution is 2.32. The Balaban J connectivity index is 2.09. The summed E-state index contributed by atoms with van der Waals surface area (Å²) in [6, 6.07) is 0. The largest absolute Gasteiger partial charge is 0.305 e. The maximum absolute atomic E-state index is 11.4. The van der Waals surface area contributed by atoms with Crippen molar-refractivity contribution in [2.45, 2.75) is 19.3 Å². The van der Waals surface area contributed by atoms with Crippen molar-refractivity contribution in [3.05, 3.63) is 0 Å². The minimum Gasteiger partial charge on any atom is -0.305 e. The van der Waals surface area contributed by atoms with E-state index in [1.807, 2.05) is 0 Å². The second-order valence-corrected chi connectivity index (χ2v) is 3.95. The van der Waals surface area contributed by atoms with Gasteiger partial charge in [0.25, 0.3) is 0 Å². The van der Waals surface area contributed by atoms with Crippen molar-refractivity contribution in [1.82, 2.24) is 4.90 Å². The number of hydrogen-bond acceptors (Lipinski definition) is 2. The Hall–Kier alpha value is -0.370. The van der Waals surface area contributed by atoms with Crippen LogP contribution in [-0.4, -0.2) is 30.8 Å². The minimum absolute atomic E-state index is 0.397. The first-order valence-corrected chi connectivity index (χ1v) is 4.48. The molecule has 1 aliphatic heterocycles. The van der Waals surface area contributed by atoms with Crippen LogP contribution in [0.2, 0.25) is 0 Å². The van der Waals surface area contributed by atoms with E-state index in [1.54, 1.807) is 0 Å². The predicted molar refractivity (Wildman–Crippen MR) is 43.3 cm³/mol. The van der Waals surface area contributed by atoms with Gasteiger partial charge in [0.1, 0.15) is 5.78 Å². The van der Waals surface area contributed by atoms with Crippen LogP contribution < -0.4 is 0 Å². The summed E-state index contributed by atoms with van der Waals surface area (Å²) in [4.78, 5) is 13.7. The van der Waals surface area contributed by atoms with Gasteiger partial charge < -0.3 is 4.90 Å². The summed E-state index contributed by atoms with van der Waals surface area (Å²) in [6.07, 6.45) is 3.25. The smallest absolute Gasteiger partial charge is 0.137 e. The number of carbonyl (C=O) groups is 1. The molecule has 2 rings (SSSR count). The van der Waals surface area contributed by atoms with E-state index in [2.05, 4.69) is 11.9 Å². The topological polar surface area (TPSA) is 20.3 Å². The summed E-state index contributed by atoms with van der Waals surface area (Å²) in [5, 5.41) is 0. The summed E-state index contributed by atoms with van der Waals surface area (Å²) >= 11 is 0. The highest BCUT2D eigenvalue weighted by atomic mass is 16.1. The number of Topliss-reactive ketones (excluding diaryl/α,β-unsaturated/α-hetero) is 1. The third kappa shape index (κ3) is 1.20. The van der Waals surface area contributed by atoms with E-state index in [0.717, 1.165) is 25.9 Å². The maximum Gasteiger partial charge on any atom is 0.137 e. The van der Waals surface area contributed by atoms with Gasteiger partial charge in [-0.3, -0.25) is 4.79 Å². The SMILES string of the molecule is CN1C[C@H]2CCCC(=O)[C@H]2C1. The molecule has 2 aliphatic rings. The van der Waals surface area contributed by atoms with Crippen molar-refractivity contribution < 1.29 is 4.79 Å². The van der Waals surface area contributed by atoms with E-state index >= 15 is 0 Å². The Labute approximate surface area is 67.6 Å². The number of ketones is 1. The van der Waals surface area contributed by atoms with Crippen LogP contribution in [0.1, 0.15) is 19.3 Å². The lowest BCUT2D eigenvalue weighted by Crippen LogP contribution is -2.26. The van der Waals surface area contributed by atoms with Gasteiger partial charge in [0.2, 0.25) is 0 Å². The van der Waals surface area contributed by atoms with Gasteiger partial charge in [-0.25, -0.2) is 0 Å². The standard InChI is InChI=1S/C9H15NO/c1-10-5-7-3-2-4-9(11)8(7)6-10/h7-8H,2-6H2,1H3/t7-,8+/m1/s1. The lowest BCUT2D eigenvalue weighted by atomic mass is 9.81. The van der Waals surface area contributed by atoms with E-state index < -0.39 is 0 Å². The summed E-state index contributed by atoms with van der Waals surface area (Å²) in [5.41, 5.74) is 0. The highest BCUT2D eigenvalue weighted by molar-refractivity contribution is 5.82. The van der Waals surface area contributed by atoms with Gasteiger partial charge in [0.15, 0.2) is 0 Å². The first kappa shape index (κ1) is 7.29. The Morgan fingerprint density at radius 2 is 2.27 bits per heavy atom. The Morgan fingerprint density at radius 3 is 3.00 bits per heavy atom. The number of hydrogen-bond donors (Lipinski definition) is 0. The summed E-state index contributed by atoms with van der Waals surface area (Å²) in [7, 11) is 2.12. The summed E-state index contributed by atoms with van der Waals surface area (Å²) in [5.74, 6) is 1.61. The lowest BCUT2D eigenvalue weighted by Gasteiger charge is -2.21. The van der Waals surface area contributed by atoms with Gasteiger partial charge in [0, 0.05) is 25.4 Å². The van der Waals surface area contributed by atoms with E-state index in [0.29, 0.717) is 17.6 Å². The molecule has 0 radical (unpaired) electrons. The molecule has 62 valence electrons. The number of rotatable bonds is 0. The first-order valence-electron chi connectivity index (χ1n) is 4.48. The molecule has 1 aliphatic carbocycles. The fraction of sp³-hybridized carbons (Fsp3) is 0.889. The van der Waals surface area contributed by atoms with Gasteiger partial charge in [-0.1, -0.05) is 0 Å². The van der Waals surface area contributed by atoms with Crippen LogP contribution in [0.4, 0.5) is 0 Å². The van der Waals surface area contributed by atoms with E-state index in [4.69, 9.17) is 0 Å².